The van der Waals surface area contributed by atoms with Gasteiger partial charge in [0.25, 0.3) is 0 Å². The number of carbonyl (C=O) groups excluding carboxylic acids is 1. The maximum atomic E-state index is 13.4. The van der Waals surface area contributed by atoms with Crippen LogP contribution >= 0.6 is 0 Å². The van der Waals surface area contributed by atoms with E-state index in [1.165, 1.54) is 17.0 Å². The Labute approximate surface area is 117 Å². The molecule has 5 nitrogen and oxygen atoms in total. The quantitative estimate of drug-likeness (QED) is 0.889. The van der Waals surface area contributed by atoms with Crippen LogP contribution in [0.25, 0.3) is 0 Å². The number of benzene rings is 1. The summed E-state index contributed by atoms with van der Waals surface area (Å²) in [6.45, 7) is 1.16. The van der Waals surface area contributed by atoms with Gasteiger partial charge in [0.05, 0.1) is 17.8 Å². The molecular formula is C14H19FN2O3. The lowest BCUT2D eigenvalue weighted by atomic mass is 9.94. The number of carbonyl (C=O) groups is 1. The molecule has 2 N–H and O–H groups in total. The topological polar surface area (TPSA) is 61.8 Å². The number of nitrogens with one attached hydrogen (secondary N) is 1. The summed E-state index contributed by atoms with van der Waals surface area (Å²) in [5.74, 6) is -0.487. The normalized spacial score (nSPS) is 17.6. The maximum Gasteiger partial charge on any atom is 0.321 e. The number of para-hydroxylation sites is 1. The number of ether oxygens (including phenoxy) is 1. The molecule has 1 aliphatic heterocycles. The van der Waals surface area contributed by atoms with E-state index in [0.29, 0.717) is 26.1 Å². The highest BCUT2D eigenvalue weighted by molar-refractivity contribution is 5.89. The van der Waals surface area contributed by atoms with Gasteiger partial charge in [0.1, 0.15) is 5.82 Å². The molecule has 1 saturated heterocycles. The first kappa shape index (κ1) is 14.7. The van der Waals surface area contributed by atoms with E-state index in [-0.39, 0.29) is 12.2 Å². The smallest absolute Gasteiger partial charge is 0.321 e. The molecule has 1 aromatic rings. The number of amides is 2. The van der Waals surface area contributed by atoms with Crippen molar-refractivity contribution in [1.82, 2.24) is 4.90 Å². The van der Waals surface area contributed by atoms with Crippen molar-refractivity contribution < 1.29 is 19.0 Å². The van der Waals surface area contributed by atoms with Gasteiger partial charge < -0.3 is 20.1 Å². The van der Waals surface area contributed by atoms with Gasteiger partial charge in [-0.3, -0.25) is 0 Å². The summed E-state index contributed by atoms with van der Waals surface area (Å²) in [5, 5.41) is 12.8. The van der Waals surface area contributed by atoms with Gasteiger partial charge >= 0.3 is 6.03 Å². The van der Waals surface area contributed by atoms with Crippen molar-refractivity contribution in [3.63, 3.8) is 0 Å². The molecule has 1 aliphatic rings. The second-order valence-electron chi connectivity index (χ2n) is 5.10. The van der Waals surface area contributed by atoms with Gasteiger partial charge in [-0.1, -0.05) is 12.1 Å². The average Bonchev–Trinajstić information content (AvgIpc) is 2.41. The van der Waals surface area contributed by atoms with E-state index >= 15 is 0 Å². The molecule has 0 saturated carbocycles. The molecule has 2 rings (SSSR count). The Bertz CT molecular complexity index is 475. The van der Waals surface area contributed by atoms with Crippen LogP contribution in [0.2, 0.25) is 0 Å². The fraction of sp³-hybridized carbons (Fsp3) is 0.500. The number of halogens is 1. The SMILES string of the molecule is CN(CC1(O)CCOCC1)C(=O)Nc1ccccc1F. The molecule has 1 fully saturated rings. The van der Waals surface area contributed by atoms with Crippen LogP contribution in [0.4, 0.5) is 14.9 Å². The molecule has 0 spiro atoms. The number of likely N-dealkylation sites (N-methyl/N-ethyl adjacent to an activating group) is 1. The van der Waals surface area contributed by atoms with Gasteiger partial charge in [-0.2, -0.15) is 0 Å². The number of hydrogen-bond acceptors (Lipinski definition) is 3. The maximum absolute atomic E-state index is 13.4. The fourth-order valence-corrected chi connectivity index (χ4v) is 2.20. The van der Waals surface area contributed by atoms with Gasteiger partial charge in [-0.05, 0) is 12.1 Å². The molecule has 110 valence electrons. The van der Waals surface area contributed by atoms with Gasteiger partial charge in [0, 0.05) is 33.1 Å². The molecule has 0 radical (unpaired) electrons. The minimum atomic E-state index is -0.931. The van der Waals surface area contributed by atoms with E-state index in [2.05, 4.69) is 5.32 Å². The Hall–Kier alpha value is -1.66. The molecule has 1 aromatic carbocycles. The fourth-order valence-electron chi connectivity index (χ4n) is 2.20. The molecule has 0 bridgehead atoms. The zero-order valence-electron chi connectivity index (χ0n) is 11.4. The van der Waals surface area contributed by atoms with E-state index in [9.17, 15) is 14.3 Å². The number of aliphatic hydroxyl groups is 1. The summed E-state index contributed by atoms with van der Waals surface area (Å²) in [4.78, 5) is 13.3. The molecule has 0 aromatic heterocycles. The molecule has 20 heavy (non-hydrogen) atoms. The Kier molecular flexibility index (Phi) is 4.57. The van der Waals surface area contributed by atoms with Gasteiger partial charge in [0.15, 0.2) is 0 Å². The first-order valence-corrected chi connectivity index (χ1v) is 6.57. The third-order valence-electron chi connectivity index (χ3n) is 3.42. The standard InChI is InChI=1S/C14H19FN2O3/c1-17(10-14(19)6-8-20-9-7-14)13(18)16-12-5-3-2-4-11(12)15/h2-5,19H,6-10H2,1H3,(H,16,18). The highest BCUT2D eigenvalue weighted by Gasteiger charge is 2.32. The Morgan fingerprint density at radius 2 is 2.10 bits per heavy atom. The Morgan fingerprint density at radius 1 is 1.45 bits per heavy atom. The van der Waals surface area contributed by atoms with Crippen LogP contribution in [0, 0.1) is 5.82 Å². The molecule has 0 aliphatic carbocycles. The van der Waals surface area contributed by atoms with E-state index < -0.39 is 17.4 Å². The van der Waals surface area contributed by atoms with Crippen molar-refractivity contribution >= 4 is 11.7 Å². The number of urea groups is 1. The average molecular weight is 282 g/mol. The lowest BCUT2D eigenvalue weighted by molar-refractivity contribution is -0.0717. The molecule has 2 amide bonds. The van der Waals surface area contributed by atoms with Gasteiger partial charge in [-0.25, -0.2) is 9.18 Å². The number of anilines is 1. The Morgan fingerprint density at radius 3 is 2.75 bits per heavy atom. The second-order valence-corrected chi connectivity index (χ2v) is 5.10. The highest BCUT2D eigenvalue weighted by atomic mass is 19.1. The summed E-state index contributed by atoms with van der Waals surface area (Å²) < 4.78 is 18.6. The van der Waals surface area contributed by atoms with Gasteiger partial charge in [-0.15, -0.1) is 0 Å². The first-order chi connectivity index (χ1) is 9.50. The zero-order chi connectivity index (χ0) is 14.6. The van der Waals surface area contributed by atoms with Crippen LogP contribution in [0.5, 0.6) is 0 Å². The third-order valence-corrected chi connectivity index (χ3v) is 3.42. The van der Waals surface area contributed by atoms with Crippen LogP contribution < -0.4 is 5.32 Å². The molecule has 6 heteroatoms. The van der Waals surface area contributed by atoms with Crippen LogP contribution in [0.15, 0.2) is 24.3 Å². The summed E-state index contributed by atoms with van der Waals surface area (Å²) in [5.41, 5.74) is -0.803. The lowest BCUT2D eigenvalue weighted by Gasteiger charge is -2.35. The zero-order valence-corrected chi connectivity index (χ0v) is 11.4. The third kappa shape index (κ3) is 3.68. The van der Waals surface area contributed by atoms with Crippen molar-refractivity contribution in [3.05, 3.63) is 30.1 Å². The number of nitrogens with zero attached hydrogens (tertiary/aromatic N) is 1. The van der Waals surface area contributed by atoms with E-state index in [1.807, 2.05) is 0 Å². The summed E-state index contributed by atoms with van der Waals surface area (Å²) in [6.07, 6.45) is 0.981. The van der Waals surface area contributed by atoms with Crippen LogP contribution in [-0.2, 0) is 4.74 Å². The highest BCUT2D eigenvalue weighted by Crippen LogP contribution is 2.21. The van der Waals surface area contributed by atoms with E-state index in [0.717, 1.165) is 0 Å². The minimum absolute atomic E-state index is 0.128. The predicted molar refractivity (Wildman–Crippen MR) is 73.1 cm³/mol. The summed E-state index contributed by atoms with van der Waals surface area (Å²) in [7, 11) is 1.57. The minimum Gasteiger partial charge on any atom is -0.388 e. The predicted octanol–water partition coefficient (Wildman–Crippen LogP) is 1.83. The van der Waals surface area contributed by atoms with Gasteiger partial charge in [0.2, 0.25) is 0 Å². The summed E-state index contributed by atoms with van der Waals surface area (Å²) >= 11 is 0. The number of rotatable bonds is 3. The first-order valence-electron chi connectivity index (χ1n) is 6.57. The van der Waals surface area contributed by atoms with Crippen molar-refractivity contribution in [2.75, 3.05) is 32.1 Å². The largest absolute Gasteiger partial charge is 0.388 e. The van der Waals surface area contributed by atoms with Crippen LogP contribution in [-0.4, -0.2) is 48.4 Å². The summed E-state index contributed by atoms with van der Waals surface area (Å²) in [6, 6.07) is 5.52. The van der Waals surface area contributed by atoms with Crippen LogP contribution in [0.3, 0.4) is 0 Å². The molecule has 0 unspecified atom stereocenters. The van der Waals surface area contributed by atoms with Crippen molar-refractivity contribution in [2.45, 2.75) is 18.4 Å². The second kappa shape index (κ2) is 6.19. The van der Waals surface area contributed by atoms with E-state index in [1.54, 1.807) is 19.2 Å². The lowest BCUT2D eigenvalue weighted by Crippen LogP contribution is -2.48. The van der Waals surface area contributed by atoms with E-state index in [4.69, 9.17) is 4.74 Å². The number of hydrogen-bond donors (Lipinski definition) is 2. The van der Waals surface area contributed by atoms with Crippen molar-refractivity contribution in [3.8, 4) is 0 Å². The van der Waals surface area contributed by atoms with Crippen molar-refractivity contribution in [2.24, 2.45) is 0 Å². The van der Waals surface area contributed by atoms with Crippen LogP contribution in [0.1, 0.15) is 12.8 Å². The van der Waals surface area contributed by atoms with Crippen molar-refractivity contribution in [1.29, 1.82) is 0 Å². The monoisotopic (exact) mass is 282 g/mol. The Balaban J connectivity index is 1.93. The molecule has 1 heterocycles. The molecule has 0 atom stereocenters. The molecular weight excluding hydrogens is 263 g/mol.